The molecule has 1 aromatic rings. The zero-order chi connectivity index (χ0) is 8.55. The Labute approximate surface area is 72.8 Å². The topological polar surface area (TPSA) is 38.0 Å². The second kappa shape index (κ2) is 2.79. The summed E-state index contributed by atoms with van der Waals surface area (Å²) in [5.74, 6) is 0. The highest BCUT2D eigenvalue weighted by atomic mass is 14.9. The SMILES string of the molecule is C[C@H]1NCCc2c(N)cccc21. The largest absolute Gasteiger partial charge is 0.398 e. The van der Waals surface area contributed by atoms with E-state index in [-0.39, 0.29) is 0 Å². The number of nitrogens with one attached hydrogen (secondary N) is 1. The van der Waals surface area contributed by atoms with E-state index < -0.39 is 0 Å². The Morgan fingerprint density at radius 2 is 2.33 bits per heavy atom. The van der Waals surface area contributed by atoms with Crippen LogP contribution >= 0.6 is 0 Å². The molecule has 0 spiro atoms. The highest BCUT2D eigenvalue weighted by Gasteiger charge is 2.16. The van der Waals surface area contributed by atoms with Crippen molar-refractivity contribution in [2.75, 3.05) is 12.3 Å². The summed E-state index contributed by atoms with van der Waals surface area (Å²) in [6.07, 6.45) is 1.06. The van der Waals surface area contributed by atoms with Crippen LogP contribution in [0.2, 0.25) is 0 Å². The molecule has 0 amide bonds. The van der Waals surface area contributed by atoms with Crippen molar-refractivity contribution < 1.29 is 0 Å². The molecule has 2 rings (SSSR count). The molecule has 1 aromatic carbocycles. The lowest BCUT2D eigenvalue weighted by atomic mass is 9.94. The molecule has 1 aliphatic rings. The highest BCUT2D eigenvalue weighted by molar-refractivity contribution is 5.52. The van der Waals surface area contributed by atoms with Crippen molar-refractivity contribution in [1.82, 2.24) is 5.32 Å². The van der Waals surface area contributed by atoms with Crippen molar-refractivity contribution in [3.63, 3.8) is 0 Å². The second-order valence-electron chi connectivity index (χ2n) is 3.34. The van der Waals surface area contributed by atoms with Gasteiger partial charge >= 0.3 is 0 Å². The molecule has 0 radical (unpaired) electrons. The number of nitrogens with two attached hydrogens (primary N) is 1. The fraction of sp³-hybridized carbons (Fsp3) is 0.400. The van der Waals surface area contributed by atoms with E-state index >= 15 is 0 Å². The van der Waals surface area contributed by atoms with Crippen molar-refractivity contribution in [3.8, 4) is 0 Å². The van der Waals surface area contributed by atoms with Gasteiger partial charge in [0.15, 0.2) is 0 Å². The molecular formula is C10H14N2. The predicted octanol–water partition coefficient (Wildman–Crippen LogP) is 1.48. The molecule has 0 saturated carbocycles. The Kier molecular flexibility index (Phi) is 1.77. The van der Waals surface area contributed by atoms with Crippen LogP contribution in [-0.4, -0.2) is 6.54 Å². The van der Waals surface area contributed by atoms with Crippen molar-refractivity contribution in [1.29, 1.82) is 0 Å². The summed E-state index contributed by atoms with van der Waals surface area (Å²) in [7, 11) is 0. The molecule has 3 N–H and O–H groups in total. The van der Waals surface area contributed by atoms with E-state index in [2.05, 4.69) is 18.3 Å². The second-order valence-corrected chi connectivity index (χ2v) is 3.34. The van der Waals surface area contributed by atoms with Gasteiger partial charge in [-0.1, -0.05) is 12.1 Å². The third-order valence-corrected chi connectivity index (χ3v) is 2.54. The van der Waals surface area contributed by atoms with Gasteiger partial charge in [-0.3, -0.25) is 0 Å². The van der Waals surface area contributed by atoms with Crippen LogP contribution in [-0.2, 0) is 6.42 Å². The average Bonchev–Trinajstić information content (AvgIpc) is 2.07. The van der Waals surface area contributed by atoms with Crippen LogP contribution in [0.3, 0.4) is 0 Å². The molecule has 2 heteroatoms. The van der Waals surface area contributed by atoms with Gasteiger partial charge in [0.1, 0.15) is 0 Å². The Morgan fingerprint density at radius 1 is 1.50 bits per heavy atom. The van der Waals surface area contributed by atoms with E-state index in [1.165, 1.54) is 11.1 Å². The van der Waals surface area contributed by atoms with E-state index in [0.29, 0.717) is 6.04 Å². The van der Waals surface area contributed by atoms with Crippen LogP contribution in [0.1, 0.15) is 24.1 Å². The zero-order valence-electron chi connectivity index (χ0n) is 7.30. The van der Waals surface area contributed by atoms with Gasteiger partial charge in [0, 0.05) is 11.7 Å². The summed E-state index contributed by atoms with van der Waals surface area (Å²) in [6.45, 7) is 3.22. The molecule has 0 aliphatic carbocycles. The fourth-order valence-electron chi connectivity index (χ4n) is 1.84. The molecule has 0 saturated heterocycles. The summed E-state index contributed by atoms with van der Waals surface area (Å²) < 4.78 is 0. The smallest absolute Gasteiger partial charge is 0.0350 e. The molecule has 0 bridgehead atoms. The Balaban J connectivity index is 2.52. The van der Waals surface area contributed by atoms with Gasteiger partial charge in [-0.05, 0) is 37.1 Å². The average molecular weight is 162 g/mol. The minimum atomic E-state index is 0.456. The lowest BCUT2D eigenvalue weighted by Gasteiger charge is -2.24. The Hall–Kier alpha value is -1.02. The number of rotatable bonds is 0. The number of nitrogen functional groups attached to an aromatic ring is 1. The minimum Gasteiger partial charge on any atom is -0.398 e. The third kappa shape index (κ3) is 1.08. The highest BCUT2D eigenvalue weighted by Crippen LogP contribution is 2.26. The van der Waals surface area contributed by atoms with E-state index in [4.69, 9.17) is 5.73 Å². The maximum atomic E-state index is 5.88. The first-order valence-corrected chi connectivity index (χ1v) is 4.39. The van der Waals surface area contributed by atoms with E-state index in [1.54, 1.807) is 0 Å². The molecule has 1 atom stereocenters. The van der Waals surface area contributed by atoms with Gasteiger partial charge in [0.25, 0.3) is 0 Å². The number of hydrogen-bond donors (Lipinski definition) is 2. The lowest BCUT2D eigenvalue weighted by Crippen LogP contribution is -2.28. The van der Waals surface area contributed by atoms with Crippen molar-refractivity contribution in [3.05, 3.63) is 29.3 Å². The van der Waals surface area contributed by atoms with Crippen LogP contribution in [0.5, 0.6) is 0 Å². The molecule has 0 fully saturated rings. The molecule has 0 unspecified atom stereocenters. The summed E-state index contributed by atoms with van der Waals surface area (Å²) >= 11 is 0. The minimum absolute atomic E-state index is 0.456. The fourth-order valence-corrected chi connectivity index (χ4v) is 1.84. The van der Waals surface area contributed by atoms with E-state index in [0.717, 1.165) is 18.7 Å². The predicted molar refractivity (Wildman–Crippen MR) is 51.0 cm³/mol. The standard InChI is InChI=1S/C10H14N2/c1-7-8-3-2-4-10(11)9(8)5-6-12-7/h2-4,7,12H,5-6,11H2,1H3/t7-/m1/s1. The van der Waals surface area contributed by atoms with Gasteiger partial charge in [0.2, 0.25) is 0 Å². The van der Waals surface area contributed by atoms with E-state index in [1.807, 2.05) is 12.1 Å². The van der Waals surface area contributed by atoms with Crippen LogP contribution in [0, 0.1) is 0 Å². The molecule has 12 heavy (non-hydrogen) atoms. The van der Waals surface area contributed by atoms with Crippen molar-refractivity contribution in [2.24, 2.45) is 0 Å². The van der Waals surface area contributed by atoms with Gasteiger partial charge < -0.3 is 11.1 Å². The summed E-state index contributed by atoms with van der Waals surface area (Å²) in [5.41, 5.74) is 9.52. The van der Waals surface area contributed by atoms with Gasteiger partial charge in [-0.25, -0.2) is 0 Å². The maximum absolute atomic E-state index is 5.88. The van der Waals surface area contributed by atoms with Gasteiger partial charge in [-0.15, -0.1) is 0 Å². The molecular weight excluding hydrogens is 148 g/mol. The maximum Gasteiger partial charge on any atom is 0.0350 e. The van der Waals surface area contributed by atoms with E-state index in [9.17, 15) is 0 Å². The van der Waals surface area contributed by atoms with Crippen LogP contribution in [0.15, 0.2) is 18.2 Å². The van der Waals surface area contributed by atoms with Crippen molar-refractivity contribution in [2.45, 2.75) is 19.4 Å². The van der Waals surface area contributed by atoms with Crippen LogP contribution in [0.25, 0.3) is 0 Å². The number of benzene rings is 1. The third-order valence-electron chi connectivity index (χ3n) is 2.54. The number of anilines is 1. The molecule has 64 valence electrons. The Bertz CT molecular complexity index is 294. The normalized spacial score (nSPS) is 21.9. The molecule has 2 nitrogen and oxygen atoms in total. The van der Waals surface area contributed by atoms with Gasteiger partial charge in [-0.2, -0.15) is 0 Å². The van der Waals surface area contributed by atoms with Crippen LogP contribution < -0.4 is 11.1 Å². The quantitative estimate of drug-likeness (QED) is 0.567. The first-order chi connectivity index (χ1) is 5.79. The summed E-state index contributed by atoms with van der Waals surface area (Å²) in [5, 5.41) is 3.41. The number of fused-ring (bicyclic) bond motifs is 1. The number of hydrogen-bond acceptors (Lipinski definition) is 2. The first kappa shape index (κ1) is 7.62. The first-order valence-electron chi connectivity index (χ1n) is 4.39. The Morgan fingerprint density at radius 3 is 3.08 bits per heavy atom. The summed E-state index contributed by atoms with van der Waals surface area (Å²) in [4.78, 5) is 0. The lowest BCUT2D eigenvalue weighted by molar-refractivity contribution is 0.542. The molecule has 0 aromatic heterocycles. The zero-order valence-corrected chi connectivity index (χ0v) is 7.30. The summed E-state index contributed by atoms with van der Waals surface area (Å²) in [6, 6.07) is 6.62. The van der Waals surface area contributed by atoms with Gasteiger partial charge in [0.05, 0.1) is 0 Å². The monoisotopic (exact) mass is 162 g/mol. The molecule has 1 heterocycles. The molecule has 1 aliphatic heterocycles. The van der Waals surface area contributed by atoms with Crippen LogP contribution in [0.4, 0.5) is 5.69 Å². The van der Waals surface area contributed by atoms with Crippen molar-refractivity contribution >= 4 is 5.69 Å².